The molecule has 3 heteroatoms. The number of pyridine rings is 1. The standard InChI is InChI=1S/C12H9NO2/c14-12(15)10-7-9-5-3-1-2-4-6-11(9)13-8-10/h1-8H,(H,14,15)/b2-1-,3-1?,4-2?,5-3-,6-4-,9-5?,11-6?. The summed E-state index contributed by atoms with van der Waals surface area (Å²) in [4.78, 5) is 14.8. The molecule has 0 saturated heterocycles. The van der Waals surface area contributed by atoms with Gasteiger partial charge in [-0.2, -0.15) is 0 Å². The van der Waals surface area contributed by atoms with E-state index in [4.69, 9.17) is 5.11 Å². The van der Waals surface area contributed by atoms with E-state index in [0.29, 0.717) is 0 Å². The quantitative estimate of drug-likeness (QED) is 0.755. The molecule has 1 heterocycles. The van der Waals surface area contributed by atoms with E-state index < -0.39 is 5.97 Å². The smallest absolute Gasteiger partial charge is 0.337 e. The second-order valence-electron chi connectivity index (χ2n) is 3.11. The van der Waals surface area contributed by atoms with Gasteiger partial charge in [0.25, 0.3) is 0 Å². The number of carboxylic acid groups (broad SMARTS) is 1. The average Bonchev–Trinajstić information content (AvgIpc) is 2.18. The van der Waals surface area contributed by atoms with Crippen LogP contribution in [0.4, 0.5) is 0 Å². The third kappa shape index (κ3) is 2.02. The van der Waals surface area contributed by atoms with E-state index in [1.165, 1.54) is 6.20 Å². The molecule has 15 heavy (non-hydrogen) atoms. The average molecular weight is 199 g/mol. The predicted octanol–water partition coefficient (Wildman–Crippen LogP) is 2.38. The van der Waals surface area contributed by atoms with E-state index in [0.717, 1.165) is 11.3 Å². The SMILES string of the molecule is O=C(O)c1cnc2c(c1)\C=C/C=C\C=C/2. The highest BCUT2D eigenvalue weighted by Gasteiger charge is 2.06. The highest BCUT2D eigenvalue weighted by Crippen LogP contribution is 2.14. The lowest BCUT2D eigenvalue weighted by molar-refractivity contribution is 0.0696. The molecule has 3 nitrogen and oxygen atoms in total. The van der Waals surface area contributed by atoms with E-state index in [2.05, 4.69) is 4.98 Å². The maximum Gasteiger partial charge on any atom is 0.337 e. The Kier molecular flexibility index (Phi) is 2.46. The van der Waals surface area contributed by atoms with Crippen LogP contribution in [0.1, 0.15) is 21.6 Å². The molecule has 1 aromatic heterocycles. The van der Waals surface area contributed by atoms with Gasteiger partial charge in [0.2, 0.25) is 0 Å². The van der Waals surface area contributed by atoms with Crippen LogP contribution in [0.25, 0.3) is 12.2 Å². The zero-order chi connectivity index (χ0) is 10.7. The summed E-state index contributed by atoms with van der Waals surface area (Å²) in [5.41, 5.74) is 1.80. The fraction of sp³-hybridized carbons (Fsp3) is 0. The van der Waals surface area contributed by atoms with Crippen LogP contribution in [0.2, 0.25) is 0 Å². The molecule has 0 amide bonds. The number of rotatable bonds is 1. The van der Waals surface area contributed by atoms with Gasteiger partial charge < -0.3 is 5.11 Å². The molecule has 0 spiro atoms. The van der Waals surface area contributed by atoms with Crippen LogP contribution in [-0.4, -0.2) is 16.1 Å². The number of allylic oxidation sites excluding steroid dienone is 4. The summed E-state index contributed by atoms with van der Waals surface area (Å²) in [7, 11) is 0. The molecule has 0 radical (unpaired) electrons. The fourth-order valence-electron chi connectivity index (χ4n) is 1.32. The minimum atomic E-state index is -0.958. The molecule has 1 aliphatic carbocycles. The Bertz CT molecular complexity index is 484. The summed E-state index contributed by atoms with van der Waals surface area (Å²) in [6.07, 6.45) is 12.6. The van der Waals surface area contributed by atoms with Gasteiger partial charge in [-0.1, -0.05) is 30.4 Å². The van der Waals surface area contributed by atoms with Crippen LogP contribution in [0, 0.1) is 0 Å². The number of fused-ring (bicyclic) bond motifs is 1. The van der Waals surface area contributed by atoms with Gasteiger partial charge >= 0.3 is 5.97 Å². The van der Waals surface area contributed by atoms with Crippen molar-refractivity contribution in [1.82, 2.24) is 4.98 Å². The van der Waals surface area contributed by atoms with Gasteiger partial charge in [-0.3, -0.25) is 4.98 Å². The van der Waals surface area contributed by atoms with E-state index in [-0.39, 0.29) is 5.56 Å². The van der Waals surface area contributed by atoms with Crippen molar-refractivity contribution < 1.29 is 9.90 Å². The summed E-state index contributed by atoms with van der Waals surface area (Å²) in [6.45, 7) is 0. The second kappa shape index (κ2) is 3.92. The molecule has 1 aromatic rings. The van der Waals surface area contributed by atoms with E-state index in [1.54, 1.807) is 6.07 Å². The molecular weight excluding hydrogens is 190 g/mol. The molecule has 1 aliphatic rings. The summed E-state index contributed by atoms with van der Waals surface area (Å²) < 4.78 is 0. The molecule has 0 aliphatic heterocycles. The maximum atomic E-state index is 10.7. The zero-order valence-electron chi connectivity index (χ0n) is 7.92. The maximum absolute atomic E-state index is 10.7. The van der Waals surface area contributed by atoms with Crippen molar-refractivity contribution in [2.24, 2.45) is 0 Å². The molecular formula is C12H9NO2. The van der Waals surface area contributed by atoms with Gasteiger partial charge in [0.1, 0.15) is 0 Å². The summed E-state index contributed by atoms with van der Waals surface area (Å²) >= 11 is 0. The molecule has 2 rings (SSSR count). The van der Waals surface area contributed by atoms with Crippen molar-refractivity contribution in [2.45, 2.75) is 0 Å². The molecule has 1 N–H and O–H groups in total. The lowest BCUT2D eigenvalue weighted by Crippen LogP contribution is -1.99. The first kappa shape index (κ1) is 9.40. The third-order valence-corrected chi connectivity index (χ3v) is 2.06. The van der Waals surface area contributed by atoms with Gasteiger partial charge in [-0.05, 0) is 12.1 Å². The normalized spacial score (nSPS) is 19.5. The van der Waals surface area contributed by atoms with Crippen molar-refractivity contribution in [1.29, 1.82) is 0 Å². The Morgan fingerprint density at radius 1 is 1.13 bits per heavy atom. The van der Waals surface area contributed by atoms with Crippen LogP contribution < -0.4 is 0 Å². The van der Waals surface area contributed by atoms with Gasteiger partial charge in [0.15, 0.2) is 0 Å². The van der Waals surface area contributed by atoms with Crippen LogP contribution in [0.3, 0.4) is 0 Å². The van der Waals surface area contributed by atoms with Crippen molar-refractivity contribution in [2.75, 3.05) is 0 Å². The molecule has 0 atom stereocenters. The van der Waals surface area contributed by atoms with E-state index in [1.807, 2.05) is 36.5 Å². The Hall–Kier alpha value is -2.16. The minimum absolute atomic E-state index is 0.205. The number of carbonyl (C=O) groups is 1. The lowest BCUT2D eigenvalue weighted by atomic mass is 10.1. The van der Waals surface area contributed by atoms with Gasteiger partial charge in [-0.25, -0.2) is 4.79 Å². The first-order valence-corrected chi connectivity index (χ1v) is 4.52. The Labute approximate surface area is 87.1 Å². The van der Waals surface area contributed by atoms with Crippen molar-refractivity contribution in [3.05, 3.63) is 53.4 Å². The topological polar surface area (TPSA) is 50.2 Å². The van der Waals surface area contributed by atoms with Gasteiger partial charge in [-0.15, -0.1) is 0 Å². The van der Waals surface area contributed by atoms with Crippen LogP contribution in [0.15, 0.2) is 36.6 Å². The van der Waals surface area contributed by atoms with E-state index >= 15 is 0 Å². The monoisotopic (exact) mass is 199 g/mol. The first-order valence-electron chi connectivity index (χ1n) is 4.52. The number of carboxylic acids is 1. The molecule has 0 saturated carbocycles. The highest BCUT2D eigenvalue weighted by molar-refractivity contribution is 5.88. The van der Waals surface area contributed by atoms with Gasteiger partial charge in [0, 0.05) is 11.8 Å². The first-order chi connectivity index (χ1) is 7.27. The van der Waals surface area contributed by atoms with Gasteiger partial charge in [0.05, 0.1) is 11.3 Å². The fourth-order valence-corrected chi connectivity index (χ4v) is 1.32. The van der Waals surface area contributed by atoms with Crippen molar-refractivity contribution in [3.63, 3.8) is 0 Å². The summed E-state index contributed by atoms with van der Waals surface area (Å²) in [6, 6.07) is 1.62. The Morgan fingerprint density at radius 2 is 1.87 bits per heavy atom. The minimum Gasteiger partial charge on any atom is -0.478 e. The number of hydrogen-bond donors (Lipinski definition) is 1. The van der Waals surface area contributed by atoms with Crippen molar-refractivity contribution in [3.8, 4) is 0 Å². The van der Waals surface area contributed by atoms with Crippen LogP contribution in [0.5, 0.6) is 0 Å². The predicted molar refractivity (Wildman–Crippen MR) is 58.4 cm³/mol. The van der Waals surface area contributed by atoms with Crippen molar-refractivity contribution >= 4 is 18.1 Å². The third-order valence-electron chi connectivity index (χ3n) is 2.06. The number of hydrogen-bond acceptors (Lipinski definition) is 2. The number of aromatic nitrogens is 1. The Balaban J connectivity index is 2.53. The molecule has 74 valence electrons. The van der Waals surface area contributed by atoms with Crippen LogP contribution in [-0.2, 0) is 0 Å². The second-order valence-corrected chi connectivity index (χ2v) is 3.11. The number of nitrogens with zero attached hydrogens (tertiary/aromatic N) is 1. The molecule has 0 fully saturated rings. The summed E-state index contributed by atoms with van der Waals surface area (Å²) in [5.74, 6) is -0.958. The molecule has 0 bridgehead atoms. The lowest BCUT2D eigenvalue weighted by Gasteiger charge is -2.02. The molecule has 0 unspecified atom stereocenters. The Morgan fingerprint density at radius 3 is 2.60 bits per heavy atom. The van der Waals surface area contributed by atoms with E-state index in [9.17, 15) is 4.79 Å². The largest absolute Gasteiger partial charge is 0.478 e. The highest BCUT2D eigenvalue weighted by atomic mass is 16.4. The zero-order valence-corrected chi connectivity index (χ0v) is 7.92. The van der Waals surface area contributed by atoms with Crippen LogP contribution >= 0.6 is 0 Å². The molecule has 0 aromatic carbocycles. The number of aromatic carboxylic acids is 1. The summed E-state index contributed by atoms with van der Waals surface area (Å²) in [5, 5.41) is 8.82.